The van der Waals surface area contributed by atoms with Gasteiger partial charge in [-0.1, -0.05) is 35.9 Å². The molecule has 2 aromatic carbocycles. The minimum Gasteiger partial charge on any atom is -0.481 e. The number of hydrogen-bond acceptors (Lipinski definition) is 4. The van der Waals surface area contributed by atoms with Crippen LogP contribution in [0.4, 0.5) is 18.9 Å². The molecule has 2 heterocycles. The van der Waals surface area contributed by atoms with E-state index in [1.807, 2.05) is 17.0 Å². The molecule has 216 valence electrons. The highest BCUT2D eigenvalue weighted by molar-refractivity contribution is 6.32. The number of piperidine rings is 1. The monoisotopic (exact) mass is 588 g/mol. The smallest absolute Gasteiger partial charge is 0.435 e. The number of rotatable bonds is 6. The van der Waals surface area contributed by atoms with Crippen LogP contribution in [0.5, 0.6) is 0 Å². The number of aliphatic carboxylic acids is 1. The molecule has 2 fully saturated rings. The summed E-state index contributed by atoms with van der Waals surface area (Å²) in [6.45, 7) is 1.15. The maximum absolute atomic E-state index is 13.7. The van der Waals surface area contributed by atoms with Gasteiger partial charge < -0.3 is 15.3 Å². The topological polar surface area (TPSA) is 105 Å². The minimum absolute atomic E-state index is 0.0290. The van der Waals surface area contributed by atoms with Crippen molar-refractivity contribution in [3.63, 3.8) is 0 Å². The summed E-state index contributed by atoms with van der Waals surface area (Å²) < 4.78 is 42.1. The average Bonchev–Trinajstić information content (AvgIpc) is 3.62. The molecule has 1 saturated heterocycles. The van der Waals surface area contributed by atoms with E-state index in [4.69, 9.17) is 11.6 Å². The Balaban J connectivity index is 1.21. The predicted octanol–water partition coefficient (Wildman–Crippen LogP) is 6.00. The number of carboxylic acid groups (broad SMARTS) is 1. The predicted molar refractivity (Wildman–Crippen MR) is 145 cm³/mol. The Kier molecular flexibility index (Phi) is 8.08. The van der Waals surface area contributed by atoms with Crippen LogP contribution in [0.15, 0.2) is 54.7 Å². The number of likely N-dealkylation sites (tertiary alicyclic amines) is 1. The minimum atomic E-state index is -4.85. The third-order valence-corrected chi connectivity index (χ3v) is 8.22. The number of carbonyl (C=O) groups excluding carboxylic acids is 2. The van der Waals surface area contributed by atoms with E-state index in [0.717, 1.165) is 29.3 Å². The summed E-state index contributed by atoms with van der Waals surface area (Å²) in [5.74, 6) is -2.26. The van der Waals surface area contributed by atoms with Gasteiger partial charge in [-0.25, -0.2) is 4.68 Å². The number of carbonyl (C=O) groups is 3. The molecule has 0 radical (unpaired) electrons. The van der Waals surface area contributed by atoms with Gasteiger partial charge in [-0.05, 0) is 67.9 Å². The summed E-state index contributed by atoms with van der Waals surface area (Å²) in [7, 11) is 0. The summed E-state index contributed by atoms with van der Waals surface area (Å²) >= 11 is 6.11. The first-order valence-electron chi connectivity index (χ1n) is 13.4. The number of alkyl halides is 3. The van der Waals surface area contributed by atoms with Gasteiger partial charge in [0.2, 0.25) is 5.91 Å². The molecule has 41 heavy (non-hydrogen) atoms. The Hall–Kier alpha value is -3.86. The van der Waals surface area contributed by atoms with E-state index in [-0.39, 0.29) is 28.5 Å². The van der Waals surface area contributed by atoms with E-state index in [2.05, 4.69) is 10.4 Å². The second-order valence-electron chi connectivity index (χ2n) is 10.5. The zero-order chi connectivity index (χ0) is 29.3. The fourth-order valence-electron chi connectivity index (χ4n) is 5.67. The van der Waals surface area contributed by atoms with Crippen molar-refractivity contribution in [1.82, 2.24) is 14.7 Å². The molecule has 0 bridgehead atoms. The van der Waals surface area contributed by atoms with Crippen molar-refractivity contribution in [2.45, 2.75) is 44.2 Å². The third kappa shape index (κ3) is 6.24. The highest BCUT2D eigenvalue weighted by Gasteiger charge is 2.40. The molecule has 2 unspecified atom stereocenters. The highest BCUT2D eigenvalue weighted by Crippen LogP contribution is 2.36. The molecule has 1 saturated carbocycles. The molecule has 3 aromatic rings. The van der Waals surface area contributed by atoms with Gasteiger partial charge in [0.05, 0.1) is 22.2 Å². The molecular formula is C29H28ClF3N4O4. The summed E-state index contributed by atoms with van der Waals surface area (Å²) in [5.41, 5.74) is -0.397. The van der Waals surface area contributed by atoms with Crippen molar-refractivity contribution in [3.05, 3.63) is 76.6 Å². The van der Waals surface area contributed by atoms with Gasteiger partial charge in [0.1, 0.15) is 0 Å². The first kappa shape index (κ1) is 28.7. The summed E-state index contributed by atoms with van der Waals surface area (Å²) in [6.07, 6.45) is -0.830. The van der Waals surface area contributed by atoms with Crippen LogP contribution in [0.1, 0.15) is 59.6 Å². The van der Waals surface area contributed by atoms with Crippen LogP contribution in [0.2, 0.25) is 5.02 Å². The van der Waals surface area contributed by atoms with E-state index in [1.54, 1.807) is 24.3 Å². The molecule has 2 amide bonds. The van der Waals surface area contributed by atoms with Gasteiger partial charge in [-0.3, -0.25) is 14.4 Å². The van der Waals surface area contributed by atoms with Crippen molar-refractivity contribution >= 4 is 35.1 Å². The fourth-order valence-corrected chi connectivity index (χ4v) is 5.89. The second kappa shape index (κ2) is 11.6. The lowest BCUT2D eigenvalue weighted by molar-refractivity contribution is -0.142. The Bertz CT molecular complexity index is 1450. The van der Waals surface area contributed by atoms with Gasteiger partial charge in [0, 0.05) is 30.9 Å². The molecule has 8 nitrogen and oxygen atoms in total. The van der Waals surface area contributed by atoms with E-state index in [1.165, 1.54) is 12.1 Å². The van der Waals surface area contributed by atoms with Crippen LogP contribution in [0, 0.1) is 11.8 Å². The number of anilines is 1. The third-order valence-electron chi connectivity index (χ3n) is 7.90. The van der Waals surface area contributed by atoms with Crippen molar-refractivity contribution in [2.24, 2.45) is 11.8 Å². The van der Waals surface area contributed by atoms with E-state index in [0.29, 0.717) is 38.0 Å². The fraction of sp³-hybridized carbons (Fsp3) is 0.379. The SMILES string of the molecule is O=C(Nc1ccc(C2CCN(C(=O)C3CCC(C(=O)O)C3)CC2)cc1)c1cn(-c2ccccc2Cl)nc1C(F)(F)F. The van der Waals surface area contributed by atoms with Crippen LogP contribution in [0.3, 0.4) is 0 Å². The number of amides is 2. The maximum Gasteiger partial charge on any atom is 0.435 e. The molecular weight excluding hydrogens is 561 g/mol. The average molecular weight is 589 g/mol. The molecule has 0 spiro atoms. The highest BCUT2D eigenvalue weighted by atomic mass is 35.5. The summed E-state index contributed by atoms with van der Waals surface area (Å²) in [5, 5.41) is 15.5. The number of nitrogens with one attached hydrogen (secondary N) is 1. The lowest BCUT2D eigenvalue weighted by Gasteiger charge is -2.34. The van der Waals surface area contributed by atoms with Crippen molar-refractivity contribution in [1.29, 1.82) is 0 Å². The molecule has 1 aromatic heterocycles. The lowest BCUT2D eigenvalue weighted by Crippen LogP contribution is -2.41. The summed E-state index contributed by atoms with van der Waals surface area (Å²) in [4.78, 5) is 38.8. The molecule has 2 N–H and O–H groups in total. The largest absolute Gasteiger partial charge is 0.481 e. The van der Waals surface area contributed by atoms with Gasteiger partial charge in [-0.2, -0.15) is 18.3 Å². The number of halogens is 4. The van der Waals surface area contributed by atoms with Crippen LogP contribution in [-0.2, 0) is 15.8 Å². The van der Waals surface area contributed by atoms with Crippen molar-refractivity contribution < 1.29 is 32.7 Å². The van der Waals surface area contributed by atoms with Gasteiger partial charge in [-0.15, -0.1) is 0 Å². The zero-order valence-electron chi connectivity index (χ0n) is 21.9. The van der Waals surface area contributed by atoms with Crippen LogP contribution in [-0.4, -0.2) is 50.7 Å². The quantitative estimate of drug-likeness (QED) is 0.367. The zero-order valence-corrected chi connectivity index (χ0v) is 22.7. The number of nitrogens with zero attached hydrogens (tertiary/aromatic N) is 3. The molecule has 2 aliphatic rings. The molecule has 5 rings (SSSR count). The maximum atomic E-state index is 13.7. The standard InChI is InChI=1S/C29H28ClF3N4O4/c30-23-3-1-2-4-24(23)37-16-22(25(35-37)29(31,32)33)26(38)34-21-9-7-17(8-10-21)18-11-13-36(14-12-18)27(39)19-5-6-20(15-19)28(40)41/h1-4,7-10,16,18-20H,5-6,11-15H2,(H,34,38)(H,40,41). The number of para-hydroxylation sites is 1. The number of aromatic nitrogens is 2. The van der Waals surface area contributed by atoms with Crippen molar-refractivity contribution in [3.8, 4) is 5.69 Å². The van der Waals surface area contributed by atoms with Gasteiger partial charge >= 0.3 is 12.1 Å². The first-order chi connectivity index (χ1) is 19.5. The molecule has 2 atom stereocenters. The first-order valence-corrected chi connectivity index (χ1v) is 13.7. The number of benzene rings is 2. The van der Waals surface area contributed by atoms with Crippen molar-refractivity contribution in [2.75, 3.05) is 18.4 Å². The van der Waals surface area contributed by atoms with Crippen LogP contribution < -0.4 is 5.32 Å². The van der Waals surface area contributed by atoms with Crippen LogP contribution >= 0.6 is 11.6 Å². The second-order valence-corrected chi connectivity index (χ2v) is 10.9. The Labute approximate surface area is 239 Å². The Morgan fingerprint density at radius 3 is 2.22 bits per heavy atom. The normalized spacial score (nSPS) is 19.8. The van der Waals surface area contributed by atoms with E-state index < -0.39 is 35.2 Å². The number of carboxylic acids is 1. The Morgan fingerprint density at radius 2 is 1.61 bits per heavy atom. The molecule has 1 aliphatic carbocycles. The lowest BCUT2D eigenvalue weighted by atomic mass is 9.88. The van der Waals surface area contributed by atoms with Gasteiger partial charge in [0.15, 0.2) is 5.69 Å². The molecule has 12 heteroatoms. The molecule has 1 aliphatic heterocycles. The Morgan fingerprint density at radius 1 is 0.951 bits per heavy atom. The number of hydrogen-bond donors (Lipinski definition) is 2. The summed E-state index contributed by atoms with van der Waals surface area (Å²) in [6, 6.07) is 13.2. The van der Waals surface area contributed by atoms with Gasteiger partial charge in [0.25, 0.3) is 5.91 Å². The van der Waals surface area contributed by atoms with E-state index >= 15 is 0 Å². The van der Waals surface area contributed by atoms with Crippen LogP contribution in [0.25, 0.3) is 5.69 Å². The van der Waals surface area contributed by atoms with E-state index in [9.17, 15) is 32.7 Å².